The number of hydrogen-bond acceptors (Lipinski definition) is 0. The fraction of sp³-hybridized carbons (Fsp3) is 1.00. The summed E-state index contributed by atoms with van der Waals surface area (Å²) >= 11 is 0. The second-order valence-electron chi connectivity index (χ2n) is 9.59. The molecule has 0 N–H and O–H groups in total. The van der Waals surface area contributed by atoms with Crippen molar-refractivity contribution in [1.82, 2.24) is 0 Å². The normalized spacial score (nSPS) is 12.6. The molecule has 0 aromatic rings. The molecule has 0 fully saturated rings. The number of unbranched alkanes of at least 4 members (excludes halogenated alkanes) is 5. The van der Waals surface area contributed by atoms with E-state index in [4.69, 9.17) is 0 Å². The molecule has 170 valence electrons. The summed E-state index contributed by atoms with van der Waals surface area (Å²) in [4.78, 5) is 0. The second kappa shape index (κ2) is 17.8. The lowest BCUT2D eigenvalue weighted by Gasteiger charge is -2.39. The van der Waals surface area contributed by atoms with Crippen LogP contribution in [0.25, 0.3) is 0 Å². The lowest BCUT2D eigenvalue weighted by molar-refractivity contribution is -0.928. The van der Waals surface area contributed by atoms with Crippen molar-refractivity contribution in [3.8, 4) is 0 Å². The molecule has 2 heteroatoms. The monoisotopic (exact) mass is 398 g/mol. The highest BCUT2D eigenvalue weighted by Crippen LogP contribution is 2.17. The third-order valence-electron chi connectivity index (χ3n) is 6.70. The van der Waals surface area contributed by atoms with Gasteiger partial charge in [-0.25, -0.2) is 0 Å². The summed E-state index contributed by atoms with van der Waals surface area (Å²) in [5.41, 5.74) is 0. The van der Waals surface area contributed by atoms with E-state index < -0.39 is 0 Å². The van der Waals surface area contributed by atoms with Gasteiger partial charge < -0.3 is 8.97 Å². The minimum absolute atomic E-state index is 1.34. The van der Waals surface area contributed by atoms with Crippen LogP contribution in [0.3, 0.4) is 0 Å². The van der Waals surface area contributed by atoms with E-state index in [2.05, 4.69) is 41.5 Å². The first-order valence-corrected chi connectivity index (χ1v) is 13.3. The van der Waals surface area contributed by atoms with Crippen molar-refractivity contribution in [2.45, 2.75) is 119 Å². The maximum Gasteiger partial charge on any atom is 0.0786 e. The largest absolute Gasteiger partial charge is 0.324 e. The Balaban J connectivity index is 4.14. The highest BCUT2D eigenvalue weighted by atomic mass is 15.3. The predicted octanol–water partition coefficient (Wildman–Crippen LogP) is 7.42. The van der Waals surface area contributed by atoms with Gasteiger partial charge in [-0.1, -0.05) is 54.4 Å². The van der Waals surface area contributed by atoms with E-state index in [0.717, 1.165) is 0 Å². The summed E-state index contributed by atoms with van der Waals surface area (Å²) in [6.07, 6.45) is 16.8. The molecule has 0 saturated carbocycles. The second-order valence-corrected chi connectivity index (χ2v) is 9.59. The van der Waals surface area contributed by atoms with Crippen LogP contribution in [-0.2, 0) is 0 Å². The molecule has 0 spiro atoms. The fourth-order valence-electron chi connectivity index (χ4n) is 5.79. The lowest BCUT2D eigenvalue weighted by atomic mass is 10.1. The molecule has 0 saturated heterocycles. The minimum atomic E-state index is 1.34. The molecule has 0 aliphatic heterocycles. The van der Waals surface area contributed by atoms with Crippen molar-refractivity contribution in [2.24, 2.45) is 0 Å². The van der Waals surface area contributed by atoms with Gasteiger partial charge in [0, 0.05) is 0 Å². The van der Waals surface area contributed by atoms with Crippen LogP contribution in [0.5, 0.6) is 0 Å². The van der Waals surface area contributed by atoms with Gasteiger partial charge >= 0.3 is 0 Å². The molecule has 0 aromatic carbocycles. The van der Waals surface area contributed by atoms with Gasteiger partial charge in [0.15, 0.2) is 0 Å². The Morgan fingerprint density at radius 1 is 0.286 bits per heavy atom. The number of rotatable bonds is 21. The van der Waals surface area contributed by atoms with E-state index in [0.29, 0.717) is 0 Å². The van der Waals surface area contributed by atoms with Crippen LogP contribution in [-0.4, -0.2) is 61.3 Å². The topological polar surface area (TPSA) is 0 Å². The Kier molecular flexibility index (Phi) is 17.7. The van der Waals surface area contributed by atoms with Gasteiger partial charge in [-0.3, -0.25) is 0 Å². The van der Waals surface area contributed by atoms with Crippen molar-refractivity contribution in [2.75, 3.05) is 52.4 Å². The maximum absolute atomic E-state index is 2.37. The van der Waals surface area contributed by atoms with Gasteiger partial charge in [0.25, 0.3) is 0 Å². The van der Waals surface area contributed by atoms with Crippen molar-refractivity contribution in [3.05, 3.63) is 0 Å². The van der Waals surface area contributed by atoms with Gasteiger partial charge in [-0.05, 0) is 64.2 Å². The average molecular weight is 399 g/mol. The molecular weight excluding hydrogens is 340 g/mol. The van der Waals surface area contributed by atoms with E-state index in [9.17, 15) is 0 Å². The van der Waals surface area contributed by atoms with Crippen LogP contribution in [0.15, 0.2) is 0 Å². The third-order valence-corrected chi connectivity index (χ3v) is 6.70. The Morgan fingerprint density at radius 2 is 0.500 bits per heavy atom. The SMILES string of the molecule is CCC[N+](CCC)(CCC)CCCCCCCC[N+](CCC)(CCC)CCC. The molecule has 0 unspecified atom stereocenters. The number of nitrogens with zero attached hydrogens (tertiary/aromatic N) is 2. The van der Waals surface area contributed by atoms with Crippen LogP contribution >= 0.6 is 0 Å². The van der Waals surface area contributed by atoms with Gasteiger partial charge in [0.2, 0.25) is 0 Å². The van der Waals surface area contributed by atoms with Crippen LogP contribution in [0.4, 0.5) is 0 Å². The molecule has 0 aliphatic rings. The van der Waals surface area contributed by atoms with Crippen LogP contribution in [0, 0.1) is 0 Å². The van der Waals surface area contributed by atoms with Gasteiger partial charge in [-0.2, -0.15) is 0 Å². The zero-order valence-electron chi connectivity index (χ0n) is 21.0. The van der Waals surface area contributed by atoms with Crippen LogP contribution in [0.2, 0.25) is 0 Å². The molecule has 0 atom stereocenters. The zero-order valence-corrected chi connectivity index (χ0v) is 21.0. The smallest absolute Gasteiger partial charge is 0.0786 e. The highest BCUT2D eigenvalue weighted by Gasteiger charge is 2.24. The summed E-state index contributed by atoms with van der Waals surface area (Å²) in [7, 11) is 0. The molecule has 0 radical (unpaired) electrons. The molecule has 28 heavy (non-hydrogen) atoms. The van der Waals surface area contributed by atoms with Gasteiger partial charge in [0.1, 0.15) is 0 Å². The first-order chi connectivity index (χ1) is 13.6. The van der Waals surface area contributed by atoms with Gasteiger partial charge in [-0.15, -0.1) is 0 Å². The number of quaternary nitrogens is 2. The van der Waals surface area contributed by atoms with E-state index in [1.165, 1.54) is 138 Å². The van der Waals surface area contributed by atoms with Crippen molar-refractivity contribution >= 4 is 0 Å². The summed E-state index contributed by atoms with van der Waals surface area (Å²) in [6.45, 7) is 25.4. The summed E-state index contributed by atoms with van der Waals surface area (Å²) in [5, 5.41) is 0. The molecule has 0 heterocycles. The summed E-state index contributed by atoms with van der Waals surface area (Å²) < 4.78 is 2.79. The highest BCUT2D eigenvalue weighted by molar-refractivity contribution is 4.51. The van der Waals surface area contributed by atoms with E-state index in [1.54, 1.807) is 0 Å². The molecule has 0 aliphatic carbocycles. The van der Waals surface area contributed by atoms with Crippen molar-refractivity contribution < 1.29 is 8.97 Å². The molecule has 0 aromatic heterocycles. The van der Waals surface area contributed by atoms with Crippen molar-refractivity contribution in [3.63, 3.8) is 0 Å². The Hall–Kier alpha value is -0.0800. The molecule has 0 amide bonds. The molecule has 0 bridgehead atoms. The fourth-order valence-corrected chi connectivity index (χ4v) is 5.79. The molecule has 2 nitrogen and oxygen atoms in total. The summed E-state index contributed by atoms with van der Waals surface area (Å²) in [5.74, 6) is 0. The first-order valence-electron chi connectivity index (χ1n) is 13.3. The number of hydrogen-bond donors (Lipinski definition) is 0. The average Bonchev–Trinajstić information content (AvgIpc) is 2.65. The van der Waals surface area contributed by atoms with Crippen LogP contribution in [0.1, 0.15) is 119 Å². The van der Waals surface area contributed by atoms with Gasteiger partial charge in [0.05, 0.1) is 52.4 Å². The standard InChI is InChI=1S/C26H58N2/c1-7-19-27(20-8-2,21-9-3)25-17-15-13-14-16-18-26-28(22-10-4,23-11-5)24-12-6/h7-26H2,1-6H3/q+2. The summed E-state index contributed by atoms with van der Waals surface area (Å²) in [6, 6.07) is 0. The Bertz CT molecular complexity index is 260. The Labute approximate surface area is 180 Å². The van der Waals surface area contributed by atoms with E-state index in [-0.39, 0.29) is 0 Å². The molecular formula is C26H58N2+2. The first kappa shape index (κ1) is 27.9. The van der Waals surface area contributed by atoms with Crippen molar-refractivity contribution in [1.29, 1.82) is 0 Å². The van der Waals surface area contributed by atoms with E-state index in [1.807, 2.05) is 0 Å². The molecule has 0 rings (SSSR count). The third kappa shape index (κ3) is 11.8. The zero-order chi connectivity index (χ0) is 21.1. The lowest BCUT2D eigenvalue weighted by Crippen LogP contribution is -2.50. The van der Waals surface area contributed by atoms with Crippen LogP contribution < -0.4 is 0 Å². The Morgan fingerprint density at radius 3 is 0.714 bits per heavy atom. The quantitative estimate of drug-likeness (QED) is 0.139. The van der Waals surface area contributed by atoms with E-state index >= 15 is 0 Å². The minimum Gasteiger partial charge on any atom is -0.324 e. The predicted molar refractivity (Wildman–Crippen MR) is 129 cm³/mol. The maximum atomic E-state index is 2.37.